The van der Waals surface area contributed by atoms with Crippen molar-refractivity contribution in [3.05, 3.63) is 30.1 Å². The van der Waals surface area contributed by atoms with Gasteiger partial charge in [-0.3, -0.25) is 0 Å². The first-order chi connectivity index (χ1) is 8.00. The van der Waals surface area contributed by atoms with Gasteiger partial charge in [0.25, 0.3) is 0 Å². The lowest BCUT2D eigenvalue weighted by molar-refractivity contribution is 0.533. The Bertz CT molecular complexity index is 490. The van der Waals surface area contributed by atoms with E-state index in [1.165, 1.54) is 0 Å². The maximum Gasteiger partial charge on any atom is 0.130 e. The van der Waals surface area contributed by atoms with E-state index in [2.05, 4.69) is 26.8 Å². The van der Waals surface area contributed by atoms with Crippen molar-refractivity contribution < 1.29 is 0 Å². The van der Waals surface area contributed by atoms with Gasteiger partial charge in [0.2, 0.25) is 0 Å². The van der Waals surface area contributed by atoms with E-state index < -0.39 is 5.54 Å². The predicted molar refractivity (Wildman–Crippen MR) is 64.2 cm³/mol. The molecule has 0 aliphatic carbocycles. The molecule has 2 aromatic heterocycles. The summed E-state index contributed by atoms with van der Waals surface area (Å²) < 4.78 is 3.84. The first-order valence-electron chi connectivity index (χ1n) is 5.70. The van der Waals surface area contributed by atoms with Gasteiger partial charge >= 0.3 is 0 Å². The van der Waals surface area contributed by atoms with Gasteiger partial charge < -0.3 is 10.3 Å². The van der Waals surface area contributed by atoms with Gasteiger partial charge in [0, 0.05) is 18.9 Å². The molecule has 6 nitrogen and oxygen atoms in total. The Kier molecular flexibility index (Phi) is 2.97. The Labute approximate surface area is 100 Å². The SMILES string of the molecule is CCn1ccnc1Cn1cc(C(C)(C)N)nn1. The average Bonchev–Trinajstić information content (AvgIpc) is 2.86. The summed E-state index contributed by atoms with van der Waals surface area (Å²) in [6.45, 7) is 7.42. The summed E-state index contributed by atoms with van der Waals surface area (Å²) >= 11 is 0. The molecule has 2 heterocycles. The topological polar surface area (TPSA) is 74.5 Å². The summed E-state index contributed by atoms with van der Waals surface area (Å²) in [5, 5.41) is 8.14. The molecular formula is C11H18N6. The van der Waals surface area contributed by atoms with E-state index in [0.717, 1.165) is 18.1 Å². The summed E-state index contributed by atoms with van der Waals surface area (Å²) in [5.41, 5.74) is 6.29. The number of nitrogens with two attached hydrogens (primary N) is 1. The van der Waals surface area contributed by atoms with Crippen molar-refractivity contribution in [1.82, 2.24) is 24.5 Å². The van der Waals surface area contributed by atoms with Crippen LogP contribution in [0.4, 0.5) is 0 Å². The largest absolute Gasteiger partial charge is 0.334 e. The molecule has 0 saturated heterocycles. The van der Waals surface area contributed by atoms with E-state index in [9.17, 15) is 0 Å². The Hall–Kier alpha value is -1.69. The minimum atomic E-state index is -0.460. The summed E-state index contributed by atoms with van der Waals surface area (Å²) in [7, 11) is 0. The van der Waals surface area contributed by atoms with Crippen LogP contribution >= 0.6 is 0 Å². The van der Waals surface area contributed by atoms with E-state index in [1.54, 1.807) is 10.9 Å². The molecule has 0 unspecified atom stereocenters. The van der Waals surface area contributed by atoms with Crippen molar-refractivity contribution in [1.29, 1.82) is 0 Å². The Morgan fingerprint density at radius 3 is 2.76 bits per heavy atom. The van der Waals surface area contributed by atoms with Crippen LogP contribution in [0.2, 0.25) is 0 Å². The highest BCUT2D eigenvalue weighted by molar-refractivity contribution is 5.06. The second-order valence-electron chi connectivity index (χ2n) is 4.65. The molecule has 2 rings (SSSR count). The number of aromatic nitrogens is 5. The van der Waals surface area contributed by atoms with Crippen LogP contribution in [0.3, 0.4) is 0 Å². The van der Waals surface area contributed by atoms with Gasteiger partial charge in [-0.15, -0.1) is 5.10 Å². The molecule has 6 heteroatoms. The third-order valence-electron chi connectivity index (χ3n) is 2.64. The van der Waals surface area contributed by atoms with E-state index in [0.29, 0.717) is 6.54 Å². The van der Waals surface area contributed by atoms with Crippen LogP contribution in [-0.4, -0.2) is 24.5 Å². The molecule has 2 N–H and O–H groups in total. The Morgan fingerprint density at radius 1 is 1.41 bits per heavy atom. The zero-order chi connectivity index (χ0) is 12.5. The van der Waals surface area contributed by atoms with Crippen LogP contribution in [0.15, 0.2) is 18.6 Å². The number of nitrogens with zero attached hydrogens (tertiary/aromatic N) is 5. The standard InChI is InChI=1S/C11H18N6/c1-4-16-6-5-13-10(16)8-17-7-9(14-15-17)11(2,3)12/h5-7H,4,8,12H2,1-3H3. The van der Waals surface area contributed by atoms with Crippen molar-refractivity contribution in [3.63, 3.8) is 0 Å². The highest BCUT2D eigenvalue weighted by atomic mass is 15.4. The van der Waals surface area contributed by atoms with Crippen molar-refractivity contribution in [2.75, 3.05) is 0 Å². The van der Waals surface area contributed by atoms with Crippen molar-refractivity contribution in [3.8, 4) is 0 Å². The highest BCUT2D eigenvalue weighted by Gasteiger charge is 2.18. The molecule has 0 spiro atoms. The van der Waals surface area contributed by atoms with Crippen LogP contribution < -0.4 is 5.73 Å². The number of hydrogen-bond acceptors (Lipinski definition) is 4. The van der Waals surface area contributed by atoms with E-state index in [-0.39, 0.29) is 0 Å². The molecule has 2 aromatic rings. The molecule has 0 saturated carbocycles. The second kappa shape index (κ2) is 4.29. The predicted octanol–water partition coefficient (Wildman–Crippen LogP) is 0.737. The van der Waals surface area contributed by atoms with Crippen LogP contribution in [0.25, 0.3) is 0 Å². The Balaban J connectivity index is 2.17. The van der Waals surface area contributed by atoms with Gasteiger partial charge in [-0.05, 0) is 20.8 Å². The fourth-order valence-corrected chi connectivity index (χ4v) is 1.60. The zero-order valence-corrected chi connectivity index (χ0v) is 10.5. The lowest BCUT2D eigenvalue weighted by Crippen LogP contribution is -2.29. The van der Waals surface area contributed by atoms with E-state index in [4.69, 9.17) is 5.73 Å². The number of hydrogen-bond donors (Lipinski definition) is 1. The third-order valence-corrected chi connectivity index (χ3v) is 2.64. The molecule has 0 radical (unpaired) electrons. The first kappa shape index (κ1) is 11.8. The monoisotopic (exact) mass is 234 g/mol. The fourth-order valence-electron chi connectivity index (χ4n) is 1.60. The first-order valence-corrected chi connectivity index (χ1v) is 5.70. The van der Waals surface area contributed by atoms with Crippen LogP contribution in [0.1, 0.15) is 32.3 Å². The third kappa shape index (κ3) is 2.52. The average molecular weight is 234 g/mol. The van der Waals surface area contributed by atoms with Crippen LogP contribution in [0.5, 0.6) is 0 Å². The second-order valence-corrected chi connectivity index (χ2v) is 4.65. The quantitative estimate of drug-likeness (QED) is 0.846. The fraction of sp³-hybridized carbons (Fsp3) is 0.545. The molecule has 0 aliphatic heterocycles. The maximum absolute atomic E-state index is 5.96. The van der Waals surface area contributed by atoms with E-state index in [1.807, 2.05) is 26.2 Å². The number of aryl methyl sites for hydroxylation is 1. The molecule has 0 fully saturated rings. The lowest BCUT2D eigenvalue weighted by Gasteiger charge is -2.13. The molecular weight excluding hydrogens is 216 g/mol. The summed E-state index contributed by atoms with van der Waals surface area (Å²) in [6, 6.07) is 0. The van der Waals surface area contributed by atoms with Gasteiger partial charge in [0.1, 0.15) is 18.1 Å². The summed E-state index contributed by atoms with van der Waals surface area (Å²) in [6.07, 6.45) is 5.62. The summed E-state index contributed by atoms with van der Waals surface area (Å²) in [4.78, 5) is 4.30. The van der Waals surface area contributed by atoms with Gasteiger partial charge in [-0.1, -0.05) is 5.21 Å². The van der Waals surface area contributed by atoms with Gasteiger partial charge in [-0.25, -0.2) is 9.67 Å². The highest BCUT2D eigenvalue weighted by Crippen LogP contribution is 2.12. The van der Waals surface area contributed by atoms with Crippen molar-refractivity contribution in [2.24, 2.45) is 5.73 Å². The van der Waals surface area contributed by atoms with Crippen molar-refractivity contribution >= 4 is 0 Å². The molecule has 0 aliphatic rings. The molecule has 0 aromatic carbocycles. The minimum Gasteiger partial charge on any atom is -0.334 e. The van der Waals surface area contributed by atoms with Crippen LogP contribution in [0, 0.1) is 0 Å². The number of imidazole rings is 1. The van der Waals surface area contributed by atoms with Gasteiger partial charge in [0.05, 0.1) is 11.7 Å². The molecule has 0 atom stereocenters. The number of rotatable bonds is 4. The molecule has 17 heavy (non-hydrogen) atoms. The minimum absolute atomic E-state index is 0.460. The van der Waals surface area contributed by atoms with E-state index >= 15 is 0 Å². The molecule has 92 valence electrons. The maximum atomic E-state index is 5.96. The zero-order valence-electron chi connectivity index (χ0n) is 10.5. The Morgan fingerprint density at radius 2 is 2.18 bits per heavy atom. The molecule has 0 amide bonds. The van der Waals surface area contributed by atoms with Crippen LogP contribution in [-0.2, 0) is 18.6 Å². The smallest absolute Gasteiger partial charge is 0.130 e. The van der Waals surface area contributed by atoms with Crippen molar-refractivity contribution in [2.45, 2.75) is 39.4 Å². The molecule has 0 bridgehead atoms. The summed E-state index contributed by atoms with van der Waals surface area (Å²) in [5.74, 6) is 0.971. The lowest BCUT2D eigenvalue weighted by atomic mass is 10.0. The van der Waals surface area contributed by atoms with Gasteiger partial charge in [-0.2, -0.15) is 0 Å². The van der Waals surface area contributed by atoms with Gasteiger partial charge in [0.15, 0.2) is 0 Å². The normalized spacial score (nSPS) is 12.0.